The van der Waals surface area contributed by atoms with Crippen molar-refractivity contribution in [2.24, 2.45) is 0 Å². The average Bonchev–Trinajstić information content (AvgIpc) is 3.40. The molecule has 0 unspecified atom stereocenters. The summed E-state index contributed by atoms with van der Waals surface area (Å²) in [6.45, 7) is 0. The van der Waals surface area contributed by atoms with E-state index in [9.17, 15) is 0 Å². The molecule has 108 valence electrons. The second kappa shape index (κ2) is 16.8. The largest absolute Gasteiger partial charge is 0.0808 e. The first kappa shape index (κ1) is 19.8. The van der Waals surface area contributed by atoms with Gasteiger partial charge in [0.25, 0.3) is 0 Å². The van der Waals surface area contributed by atoms with Crippen LogP contribution >= 0.6 is 0 Å². The molecule has 0 aromatic heterocycles. The Morgan fingerprint density at radius 2 is 0.429 bits per heavy atom. The molecule has 0 atom stereocenters. The van der Waals surface area contributed by atoms with Crippen LogP contribution in [0.1, 0.15) is 25.7 Å². The fraction of sp³-hybridized carbons (Fsp3) is 0.200. The quantitative estimate of drug-likeness (QED) is 0.403. The van der Waals surface area contributed by atoms with Gasteiger partial charge < -0.3 is 0 Å². The molecule has 0 heterocycles. The van der Waals surface area contributed by atoms with E-state index in [-0.39, 0.29) is 25.8 Å². The second-order valence-electron chi connectivity index (χ2n) is 4.37. The van der Waals surface area contributed by atoms with Crippen molar-refractivity contribution in [3.63, 3.8) is 0 Å². The summed E-state index contributed by atoms with van der Waals surface area (Å²) in [7, 11) is 0. The molecule has 0 bridgehead atoms. The minimum absolute atomic E-state index is 0. The fourth-order valence-corrected chi connectivity index (χ4v) is 1.57. The molecule has 0 saturated heterocycles. The van der Waals surface area contributed by atoms with Gasteiger partial charge >= 0.3 is 0 Å². The summed E-state index contributed by atoms with van der Waals surface area (Å²) in [5, 5.41) is 0. The minimum Gasteiger partial charge on any atom is -0.0808 e. The van der Waals surface area contributed by atoms with Gasteiger partial charge in [-0.3, -0.25) is 0 Å². The monoisotopic (exact) mass is 444 g/mol. The number of hydrogen-bond donors (Lipinski definition) is 0. The molecule has 0 saturated carbocycles. The predicted octanol–water partition coefficient (Wildman–Crippen LogP) is 6.01. The number of rotatable bonds is 0. The van der Waals surface area contributed by atoms with Gasteiger partial charge in [0, 0.05) is 25.8 Å². The third-order valence-electron chi connectivity index (χ3n) is 2.62. The van der Waals surface area contributed by atoms with E-state index < -0.39 is 0 Å². The molecule has 0 fully saturated rings. The van der Waals surface area contributed by atoms with Gasteiger partial charge in [-0.2, -0.15) is 0 Å². The molecular weight excluding hydrogens is 419 g/mol. The maximum Gasteiger partial charge on any atom is 0 e. The van der Waals surface area contributed by atoms with Gasteiger partial charge in [-0.25, -0.2) is 0 Å². The molecule has 1 heteroatoms. The molecule has 0 aromatic carbocycles. The Hall–Kier alpha value is -1.21. The molecule has 21 heavy (non-hydrogen) atoms. The maximum absolute atomic E-state index is 2.12. The van der Waals surface area contributed by atoms with Crippen LogP contribution in [-0.4, -0.2) is 0 Å². The van der Waals surface area contributed by atoms with Gasteiger partial charge in [0.05, 0.1) is 0 Å². The van der Waals surface area contributed by atoms with Crippen LogP contribution in [0.3, 0.4) is 0 Å². The topological polar surface area (TPSA) is 0 Å². The summed E-state index contributed by atoms with van der Waals surface area (Å²) in [5.74, 6) is 0. The number of allylic oxidation sites excluding steroid dienone is 16. The first-order valence-corrected chi connectivity index (χ1v) is 7.27. The average molecular weight is 443 g/mol. The normalized spacial score (nSPS) is 16.8. The third-order valence-corrected chi connectivity index (χ3v) is 2.62. The summed E-state index contributed by atoms with van der Waals surface area (Å²) in [5.41, 5.74) is 0. The molecule has 0 nitrogen and oxygen atoms in total. The predicted molar refractivity (Wildman–Crippen MR) is 91.6 cm³/mol. The van der Waals surface area contributed by atoms with E-state index in [1.165, 1.54) is 0 Å². The van der Waals surface area contributed by atoms with E-state index in [0.717, 1.165) is 25.7 Å². The summed E-state index contributed by atoms with van der Waals surface area (Å²) >= 11 is 0. The molecule has 0 spiro atoms. The van der Waals surface area contributed by atoms with Crippen molar-refractivity contribution in [1.29, 1.82) is 0 Å². The van der Waals surface area contributed by atoms with E-state index >= 15 is 0 Å². The SMILES string of the molecule is C1=CCC=C1.C1=CCC=C1.C1=CCC=C1.C1=CCC=C1.[Hf]. The fourth-order valence-electron chi connectivity index (χ4n) is 1.57. The zero-order valence-corrected chi connectivity index (χ0v) is 16.2. The van der Waals surface area contributed by atoms with Gasteiger partial charge in [0.1, 0.15) is 0 Å². The Morgan fingerprint density at radius 1 is 0.286 bits per heavy atom. The van der Waals surface area contributed by atoms with Crippen molar-refractivity contribution < 1.29 is 25.8 Å². The number of hydrogen-bond acceptors (Lipinski definition) is 0. The Labute approximate surface area is 148 Å². The van der Waals surface area contributed by atoms with E-state index in [0.29, 0.717) is 0 Å². The standard InChI is InChI=1S/4C5H6.Hf/c4*1-2-4-5-3-1;/h4*1-4H,5H2;. The first-order valence-electron chi connectivity index (χ1n) is 7.27. The first-order chi connectivity index (χ1) is 10.0. The Balaban J connectivity index is 0.000000250. The summed E-state index contributed by atoms with van der Waals surface area (Å²) in [4.78, 5) is 0. The summed E-state index contributed by atoms with van der Waals surface area (Å²) in [6.07, 6.45) is 38.0. The third kappa shape index (κ3) is 15.0. The van der Waals surface area contributed by atoms with Gasteiger partial charge in [0.2, 0.25) is 0 Å². The zero-order chi connectivity index (χ0) is 14.1. The summed E-state index contributed by atoms with van der Waals surface area (Å²) < 4.78 is 0. The van der Waals surface area contributed by atoms with Crippen LogP contribution in [0.25, 0.3) is 0 Å². The van der Waals surface area contributed by atoms with Gasteiger partial charge in [-0.05, 0) is 25.7 Å². The molecule has 0 radical (unpaired) electrons. The van der Waals surface area contributed by atoms with Crippen LogP contribution in [-0.2, 0) is 25.8 Å². The molecule has 0 amide bonds. The van der Waals surface area contributed by atoms with Crippen LogP contribution in [0.2, 0.25) is 0 Å². The van der Waals surface area contributed by atoms with Crippen LogP contribution in [0.5, 0.6) is 0 Å². The van der Waals surface area contributed by atoms with Crippen LogP contribution < -0.4 is 0 Å². The van der Waals surface area contributed by atoms with E-state index in [4.69, 9.17) is 0 Å². The molecule has 4 aliphatic rings. The van der Waals surface area contributed by atoms with E-state index in [1.54, 1.807) is 0 Å². The Kier molecular flexibility index (Phi) is 15.9. The zero-order valence-electron chi connectivity index (χ0n) is 12.6. The molecule has 0 aliphatic heterocycles. The van der Waals surface area contributed by atoms with Gasteiger partial charge in [-0.1, -0.05) is 97.2 Å². The Morgan fingerprint density at radius 3 is 0.476 bits per heavy atom. The second-order valence-corrected chi connectivity index (χ2v) is 4.37. The van der Waals surface area contributed by atoms with Gasteiger partial charge in [-0.15, -0.1) is 0 Å². The molecular formula is C20H24Hf. The molecule has 4 rings (SSSR count). The van der Waals surface area contributed by atoms with E-state index in [1.807, 2.05) is 0 Å². The van der Waals surface area contributed by atoms with Crippen molar-refractivity contribution >= 4 is 0 Å². The van der Waals surface area contributed by atoms with Crippen molar-refractivity contribution in [1.82, 2.24) is 0 Å². The van der Waals surface area contributed by atoms with Crippen molar-refractivity contribution in [2.75, 3.05) is 0 Å². The maximum atomic E-state index is 2.12. The smallest absolute Gasteiger partial charge is 0 e. The Bertz CT molecular complexity index is 326. The van der Waals surface area contributed by atoms with Crippen LogP contribution in [0, 0.1) is 0 Å². The van der Waals surface area contributed by atoms with Crippen LogP contribution in [0.15, 0.2) is 97.2 Å². The van der Waals surface area contributed by atoms with E-state index in [2.05, 4.69) is 97.2 Å². The van der Waals surface area contributed by atoms with Crippen LogP contribution in [0.4, 0.5) is 0 Å². The van der Waals surface area contributed by atoms with Crippen molar-refractivity contribution in [3.8, 4) is 0 Å². The van der Waals surface area contributed by atoms with Crippen molar-refractivity contribution in [3.05, 3.63) is 97.2 Å². The minimum atomic E-state index is 0. The van der Waals surface area contributed by atoms with Gasteiger partial charge in [0.15, 0.2) is 0 Å². The summed E-state index contributed by atoms with van der Waals surface area (Å²) in [6, 6.07) is 0. The molecule has 0 aromatic rings. The molecule has 4 aliphatic carbocycles. The van der Waals surface area contributed by atoms with Crippen molar-refractivity contribution in [2.45, 2.75) is 25.7 Å². The molecule has 0 N–H and O–H groups in total.